The first-order valence-corrected chi connectivity index (χ1v) is 11.1. The third kappa shape index (κ3) is 4.56. The van der Waals surface area contributed by atoms with Crippen LogP contribution in [0, 0.1) is 18.7 Å². The Morgan fingerprint density at radius 1 is 1.12 bits per heavy atom. The molecule has 32 heavy (non-hydrogen) atoms. The highest BCUT2D eigenvalue weighted by atomic mass is 19.1. The Morgan fingerprint density at radius 3 is 2.59 bits per heavy atom. The molecule has 0 aromatic heterocycles. The Kier molecular flexibility index (Phi) is 6.35. The molecule has 0 bridgehead atoms. The minimum absolute atomic E-state index is 0.0307. The monoisotopic (exact) mass is 440 g/mol. The molecule has 0 spiro atoms. The van der Waals surface area contributed by atoms with Crippen LogP contribution in [0.3, 0.4) is 0 Å². The van der Waals surface area contributed by atoms with Crippen molar-refractivity contribution in [2.24, 2.45) is 11.7 Å². The number of carbonyl (C=O) groups excluding carboxylic acids is 2. The number of urea groups is 1. The Hall–Kier alpha value is -3.09. The number of rotatable bonds is 4. The molecule has 1 fully saturated rings. The Morgan fingerprint density at radius 2 is 1.88 bits per heavy atom. The molecule has 7 heteroatoms. The summed E-state index contributed by atoms with van der Waals surface area (Å²) in [6, 6.07) is 10.2. The predicted molar refractivity (Wildman–Crippen MR) is 118 cm³/mol. The predicted octanol–water partition coefficient (Wildman–Crippen LogP) is 4.68. The van der Waals surface area contributed by atoms with Crippen LogP contribution < -0.4 is 15.2 Å². The van der Waals surface area contributed by atoms with Crippen molar-refractivity contribution in [3.8, 4) is 11.5 Å². The van der Waals surface area contributed by atoms with Crippen molar-refractivity contribution in [2.45, 2.75) is 57.7 Å². The van der Waals surface area contributed by atoms with Crippen LogP contribution in [0.25, 0.3) is 0 Å². The van der Waals surface area contributed by atoms with Crippen molar-refractivity contribution in [1.82, 2.24) is 4.90 Å². The standard InChI is InChI=1S/C25H29FN2O4/c1-15-20(4-3-5-21(15)26)23-12-8-17-14-19(11-13-22(17)32-23)31-18-9-6-16(7-10-18)24(29)28(2)25(27)30/h3-5,11,13-14,16,18,23H,6-10,12H2,1-2H3,(H2,27,30). The number of aryl methyl sites for hydroxylation is 1. The maximum Gasteiger partial charge on any atom is 0.321 e. The van der Waals surface area contributed by atoms with E-state index in [1.54, 1.807) is 13.0 Å². The van der Waals surface area contributed by atoms with Gasteiger partial charge in [0.05, 0.1) is 6.10 Å². The molecule has 6 nitrogen and oxygen atoms in total. The van der Waals surface area contributed by atoms with Crippen LogP contribution in [0.1, 0.15) is 54.9 Å². The van der Waals surface area contributed by atoms with Gasteiger partial charge in [0.1, 0.15) is 23.4 Å². The zero-order valence-electron chi connectivity index (χ0n) is 18.5. The van der Waals surface area contributed by atoms with Gasteiger partial charge in [0.2, 0.25) is 5.91 Å². The lowest BCUT2D eigenvalue weighted by Crippen LogP contribution is -2.42. The molecule has 1 atom stereocenters. The lowest BCUT2D eigenvalue weighted by molar-refractivity contribution is -0.132. The molecular weight excluding hydrogens is 411 g/mol. The van der Waals surface area contributed by atoms with E-state index in [0.29, 0.717) is 18.4 Å². The molecule has 4 rings (SSSR count). The van der Waals surface area contributed by atoms with Gasteiger partial charge in [-0.2, -0.15) is 0 Å². The molecule has 2 aromatic rings. The molecule has 2 N–H and O–H groups in total. The number of halogens is 1. The molecule has 0 radical (unpaired) electrons. The van der Waals surface area contributed by atoms with E-state index < -0.39 is 6.03 Å². The van der Waals surface area contributed by atoms with Gasteiger partial charge in [-0.05, 0) is 86.4 Å². The van der Waals surface area contributed by atoms with E-state index in [2.05, 4.69) is 0 Å². The third-order valence-corrected chi connectivity index (χ3v) is 6.62. The topological polar surface area (TPSA) is 81.9 Å². The van der Waals surface area contributed by atoms with Gasteiger partial charge in [0.15, 0.2) is 0 Å². The van der Waals surface area contributed by atoms with Crippen molar-refractivity contribution in [2.75, 3.05) is 7.05 Å². The fraction of sp³-hybridized carbons (Fsp3) is 0.440. The van der Waals surface area contributed by atoms with Crippen LogP contribution in [-0.4, -0.2) is 30.0 Å². The van der Waals surface area contributed by atoms with E-state index in [4.69, 9.17) is 15.2 Å². The number of ether oxygens (including phenoxy) is 2. The number of benzene rings is 2. The van der Waals surface area contributed by atoms with E-state index in [9.17, 15) is 14.0 Å². The normalized spacial score (nSPS) is 22.4. The van der Waals surface area contributed by atoms with Crippen LogP contribution in [0.4, 0.5) is 9.18 Å². The number of carbonyl (C=O) groups is 2. The highest BCUT2D eigenvalue weighted by Crippen LogP contribution is 2.38. The van der Waals surface area contributed by atoms with E-state index in [-0.39, 0.29) is 29.9 Å². The Balaban J connectivity index is 1.35. The molecule has 1 aliphatic heterocycles. The van der Waals surface area contributed by atoms with Crippen LogP contribution in [0.2, 0.25) is 0 Å². The average Bonchev–Trinajstić information content (AvgIpc) is 2.80. The molecule has 1 unspecified atom stereocenters. The van der Waals surface area contributed by atoms with Gasteiger partial charge in [-0.1, -0.05) is 12.1 Å². The summed E-state index contributed by atoms with van der Waals surface area (Å²) in [5.74, 6) is 0.980. The SMILES string of the molecule is Cc1c(F)cccc1C1CCc2cc(OC3CCC(C(=O)N(C)C(N)=O)CC3)ccc2O1. The van der Waals surface area contributed by atoms with E-state index >= 15 is 0 Å². The molecule has 2 aliphatic rings. The first-order valence-electron chi connectivity index (χ1n) is 11.1. The second-order valence-corrected chi connectivity index (χ2v) is 8.70. The number of nitrogens with zero attached hydrogens (tertiary/aromatic N) is 1. The van der Waals surface area contributed by atoms with Gasteiger partial charge in [0, 0.05) is 13.0 Å². The largest absolute Gasteiger partial charge is 0.490 e. The van der Waals surface area contributed by atoms with Gasteiger partial charge in [-0.15, -0.1) is 0 Å². The fourth-order valence-electron chi connectivity index (χ4n) is 4.63. The summed E-state index contributed by atoms with van der Waals surface area (Å²) in [5.41, 5.74) is 7.81. The summed E-state index contributed by atoms with van der Waals surface area (Å²) >= 11 is 0. The summed E-state index contributed by atoms with van der Waals surface area (Å²) in [5, 5.41) is 0. The number of hydrogen-bond acceptors (Lipinski definition) is 4. The zero-order chi connectivity index (χ0) is 22.8. The summed E-state index contributed by atoms with van der Waals surface area (Å²) in [6.45, 7) is 1.79. The molecule has 1 saturated carbocycles. The van der Waals surface area contributed by atoms with Crippen molar-refractivity contribution in [1.29, 1.82) is 0 Å². The van der Waals surface area contributed by atoms with Gasteiger partial charge < -0.3 is 15.2 Å². The van der Waals surface area contributed by atoms with Crippen LogP contribution in [-0.2, 0) is 11.2 Å². The molecule has 170 valence electrons. The van der Waals surface area contributed by atoms with Gasteiger partial charge in [0.25, 0.3) is 0 Å². The molecular formula is C25H29FN2O4. The van der Waals surface area contributed by atoms with Crippen LogP contribution >= 0.6 is 0 Å². The van der Waals surface area contributed by atoms with Crippen molar-refractivity contribution < 1.29 is 23.5 Å². The van der Waals surface area contributed by atoms with Gasteiger partial charge >= 0.3 is 6.03 Å². The van der Waals surface area contributed by atoms with E-state index in [0.717, 1.165) is 53.2 Å². The lowest BCUT2D eigenvalue weighted by atomic mass is 9.86. The fourth-order valence-corrected chi connectivity index (χ4v) is 4.63. The Bertz CT molecular complexity index is 1020. The van der Waals surface area contributed by atoms with E-state index in [1.165, 1.54) is 13.1 Å². The van der Waals surface area contributed by atoms with Crippen LogP contribution in [0.15, 0.2) is 36.4 Å². The minimum atomic E-state index is -0.723. The highest BCUT2D eigenvalue weighted by Gasteiger charge is 2.31. The molecule has 1 heterocycles. The zero-order valence-corrected chi connectivity index (χ0v) is 18.5. The summed E-state index contributed by atoms with van der Waals surface area (Å²) in [4.78, 5) is 24.5. The molecule has 0 saturated heterocycles. The van der Waals surface area contributed by atoms with Crippen molar-refractivity contribution in [3.05, 3.63) is 58.9 Å². The summed E-state index contributed by atoms with van der Waals surface area (Å²) in [6.07, 6.45) is 4.32. The van der Waals surface area contributed by atoms with Crippen molar-refractivity contribution in [3.63, 3.8) is 0 Å². The van der Waals surface area contributed by atoms with Crippen LogP contribution in [0.5, 0.6) is 11.5 Å². The number of primary amides is 1. The highest BCUT2D eigenvalue weighted by molar-refractivity contribution is 5.94. The minimum Gasteiger partial charge on any atom is -0.490 e. The van der Waals surface area contributed by atoms with E-state index in [1.807, 2.05) is 24.3 Å². The number of hydrogen-bond donors (Lipinski definition) is 1. The number of nitrogens with two attached hydrogens (primary N) is 1. The summed E-state index contributed by atoms with van der Waals surface area (Å²) < 4.78 is 26.3. The average molecular weight is 441 g/mol. The smallest absolute Gasteiger partial charge is 0.321 e. The van der Waals surface area contributed by atoms with Gasteiger partial charge in [-0.3, -0.25) is 9.69 Å². The Labute approximate surface area is 187 Å². The quantitative estimate of drug-likeness (QED) is 0.749. The second kappa shape index (κ2) is 9.18. The molecule has 1 aliphatic carbocycles. The molecule has 3 amide bonds. The first-order chi connectivity index (χ1) is 15.3. The third-order valence-electron chi connectivity index (χ3n) is 6.62. The maximum atomic E-state index is 13.9. The number of imide groups is 1. The number of amides is 3. The summed E-state index contributed by atoms with van der Waals surface area (Å²) in [7, 11) is 1.42. The second-order valence-electron chi connectivity index (χ2n) is 8.70. The first kappa shape index (κ1) is 22.1. The number of fused-ring (bicyclic) bond motifs is 1. The lowest BCUT2D eigenvalue weighted by Gasteiger charge is -2.31. The molecule has 2 aromatic carbocycles. The van der Waals surface area contributed by atoms with Gasteiger partial charge in [-0.25, -0.2) is 9.18 Å². The van der Waals surface area contributed by atoms with Crippen molar-refractivity contribution >= 4 is 11.9 Å². The maximum absolute atomic E-state index is 13.9.